The molecular formula is C22H15ClF3N3O2S. The average Bonchev–Trinajstić information content (AvgIpc) is 3.01. The van der Waals surface area contributed by atoms with Crippen molar-refractivity contribution in [1.29, 1.82) is 0 Å². The Labute approximate surface area is 189 Å². The van der Waals surface area contributed by atoms with E-state index < -0.39 is 11.2 Å². The molecule has 0 saturated heterocycles. The second-order valence-electron chi connectivity index (χ2n) is 6.83. The van der Waals surface area contributed by atoms with Crippen LogP contribution in [0.2, 0.25) is 5.02 Å². The zero-order valence-corrected chi connectivity index (χ0v) is 17.8. The largest absolute Gasteiger partial charge is 0.493 e. The Bertz CT molecular complexity index is 1300. The molecule has 32 heavy (non-hydrogen) atoms. The smallest absolute Gasteiger partial charge is 0.446 e. The van der Waals surface area contributed by atoms with Gasteiger partial charge in [-0.2, -0.15) is 13.2 Å². The first kappa shape index (κ1) is 22.0. The minimum Gasteiger partial charge on any atom is -0.493 e. The number of thioether (sulfide) groups is 1. The molecule has 0 aliphatic carbocycles. The number of aromatic hydroxyl groups is 1. The van der Waals surface area contributed by atoms with Gasteiger partial charge in [0.2, 0.25) is 5.88 Å². The van der Waals surface area contributed by atoms with Gasteiger partial charge >= 0.3 is 11.2 Å². The average molecular weight is 478 g/mol. The lowest BCUT2D eigenvalue weighted by Gasteiger charge is -2.07. The molecule has 0 amide bonds. The van der Waals surface area contributed by atoms with Gasteiger partial charge < -0.3 is 5.11 Å². The van der Waals surface area contributed by atoms with Crippen molar-refractivity contribution in [2.45, 2.75) is 16.9 Å². The summed E-state index contributed by atoms with van der Waals surface area (Å²) < 4.78 is 39.9. The third kappa shape index (κ3) is 5.00. The van der Waals surface area contributed by atoms with Crippen molar-refractivity contribution < 1.29 is 18.3 Å². The van der Waals surface area contributed by atoms with E-state index >= 15 is 0 Å². The molecule has 0 fully saturated rings. The molecule has 0 saturated carbocycles. The second kappa shape index (κ2) is 8.76. The van der Waals surface area contributed by atoms with Crippen LogP contribution in [0, 0.1) is 0 Å². The van der Waals surface area contributed by atoms with Crippen LogP contribution in [0.15, 0.2) is 82.7 Å². The molecule has 0 aliphatic heterocycles. The predicted octanol–water partition coefficient (Wildman–Crippen LogP) is 5.72. The van der Waals surface area contributed by atoms with Crippen LogP contribution in [0.3, 0.4) is 0 Å². The molecule has 4 rings (SSSR count). The molecule has 2 aromatic carbocycles. The highest BCUT2D eigenvalue weighted by atomic mass is 35.5. The number of hydrogen-bond donors (Lipinski definition) is 1. The summed E-state index contributed by atoms with van der Waals surface area (Å²) in [6.07, 6.45) is 2.90. The zero-order valence-electron chi connectivity index (χ0n) is 16.3. The Morgan fingerprint density at radius 3 is 2.38 bits per heavy atom. The summed E-state index contributed by atoms with van der Waals surface area (Å²) in [6.45, 7) is 0.171. The van der Waals surface area contributed by atoms with Crippen molar-refractivity contribution in [3.63, 3.8) is 0 Å². The van der Waals surface area contributed by atoms with E-state index in [1.54, 1.807) is 24.4 Å². The molecule has 0 unspecified atom stereocenters. The molecule has 5 nitrogen and oxygen atoms in total. The highest BCUT2D eigenvalue weighted by molar-refractivity contribution is 8.00. The number of aromatic nitrogens is 3. The van der Waals surface area contributed by atoms with Gasteiger partial charge in [-0.25, -0.2) is 9.36 Å². The van der Waals surface area contributed by atoms with Gasteiger partial charge in [0.15, 0.2) is 0 Å². The monoisotopic (exact) mass is 477 g/mol. The van der Waals surface area contributed by atoms with E-state index in [1.165, 1.54) is 35.0 Å². The van der Waals surface area contributed by atoms with Gasteiger partial charge in [0, 0.05) is 21.7 Å². The van der Waals surface area contributed by atoms with Gasteiger partial charge in [-0.15, -0.1) is 0 Å². The summed E-state index contributed by atoms with van der Waals surface area (Å²) in [5.41, 5.74) is -2.33. The van der Waals surface area contributed by atoms with Crippen LogP contribution < -0.4 is 5.69 Å². The lowest BCUT2D eigenvalue weighted by Crippen LogP contribution is -2.23. The first-order chi connectivity index (χ1) is 15.2. The van der Waals surface area contributed by atoms with Crippen LogP contribution in [0.1, 0.15) is 5.56 Å². The zero-order chi connectivity index (χ0) is 22.9. The fraction of sp³-hybridized carbons (Fsp3) is 0.0909. The Kier molecular flexibility index (Phi) is 6.03. The van der Waals surface area contributed by atoms with Crippen LogP contribution in [0.4, 0.5) is 13.2 Å². The summed E-state index contributed by atoms with van der Waals surface area (Å²) in [5, 5.41) is 10.9. The van der Waals surface area contributed by atoms with E-state index in [2.05, 4.69) is 4.98 Å². The lowest BCUT2D eigenvalue weighted by atomic mass is 10.1. The van der Waals surface area contributed by atoms with Crippen molar-refractivity contribution in [2.75, 3.05) is 0 Å². The summed E-state index contributed by atoms with van der Waals surface area (Å²) in [6, 6.07) is 16.0. The molecule has 4 aromatic rings. The lowest BCUT2D eigenvalue weighted by molar-refractivity contribution is -0.0328. The van der Waals surface area contributed by atoms with Crippen LogP contribution in [0.25, 0.3) is 16.9 Å². The van der Waals surface area contributed by atoms with Gasteiger partial charge in [-0.1, -0.05) is 23.7 Å². The van der Waals surface area contributed by atoms with Crippen LogP contribution in [-0.2, 0) is 6.54 Å². The topological polar surface area (TPSA) is 60.1 Å². The third-order valence-electron chi connectivity index (χ3n) is 4.58. The standard InChI is InChI=1S/C22H15ClF3N3O2S/c23-16-3-1-15(2-4-16)19-11-14(9-10-27-19)12-28-13-20(30)29(21(28)31)17-5-7-18(8-6-17)32-22(24,25)26/h1-11,13,30H,12H2. The highest BCUT2D eigenvalue weighted by Gasteiger charge is 2.29. The minimum absolute atomic E-state index is 0.0141. The second-order valence-corrected chi connectivity index (χ2v) is 8.41. The maximum Gasteiger partial charge on any atom is 0.446 e. The van der Waals surface area contributed by atoms with Gasteiger partial charge in [-0.3, -0.25) is 9.55 Å². The molecule has 0 spiro atoms. The van der Waals surface area contributed by atoms with E-state index in [9.17, 15) is 23.1 Å². The van der Waals surface area contributed by atoms with Gasteiger partial charge in [0.1, 0.15) is 0 Å². The molecule has 0 atom stereocenters. The first-order valence-electron chi connectivity index (χ1n) is 9.28. The van der Waals surface area contributed by atoms with Crippen LogP contribution in [0.5, 0.6) is 5.88 Å². The van der Waals surface area contributed by atoms with Crippen molar-refractivity contribution in [2.24, 2.45) is 0 Å². The van der Waals surface area contributed by atoms with E-state index in [1.807, 2.05) is 18.2 Å². The van der Waals surface area contributed by atoms with E-state index in [-0.39, 0.29) is 34.8 Å². The van der Waals surface area contributed by atoms with Crippen molar-refractivity contribution in [1.82, 2.24) is 14.1 Å². The van der Waals surface area contributed by atoms with Gasteiger partial charge in [-0.05, 0) is 65.9 Å². The Balaban J connectivity index is 1.59. The summed E-state index contributed by atoms with van der Waals surface area (Å²) in [5.74, 6) is -0.321. The van der Waals surface area contributed by atoms with Crippen LogP contribution >= 0.6 is 23.4 Å². The van der Waals surface area contributed by atoms with Crippen molar-refractivity contribution >= 4 is 23.4 Å². The first-order valence-corrected chi connectivity index (χ1v) is 10.5. The number of halogens is 4. The number of benzene rings is 2. The molecule has 10 heteroatoms. The Hall–Kier alpha value is -3.17. The quantitative estimate of drug-likeness (QED) is 0.373. The van der Waals surface area contributed by atoms with Crippen molar-refractivity contribution in [3.05, 3.63) is 94.1 Å². The van der Waals surface area contributed by atoms with Gasteiger partial charge in [0.05, 0.1) is 24.1 Å². The number of nitrogens with zero attached hydrogens (tertiary/aromatic N) is 3. The molecule has 2 aromatic heterocycles. The van der Waals surface area contributed by atoms with Crippen molar-refractivity contribution in [3.8, 4) is 22.8 Å². The van der Waals surface area contributed by atoms with E-state index in [0.29, 0.717) is 10.7 Å². The summed E-state index contributed by atoms with van der Waals surface area (Å²) >= 11 is 5.68. The Morgan fingerprint density at radius 1 is 1.03 bits per heavy atom. The highest BCUT2D eigenvalue weighted by Crippen LogP contribution is 2.37. The molecular weight excluding hydrogens is 463 g/mol. The maximum atomic E-state index is 12.9. The molecule has 0 radical (unpaired) electrons. The van der Waals surface area contributed by atoms with Crippen LogP contribution in [-0.4, -0.2) is 24.7 Å². The number of hydrogen-bond acceptors (Lipinski definition) is 4. The molecule has 164 valence electrons. The number of alkyl halides is 3. The SMILES string of the molecule is O=c1n(Cc2ccnc(-c3ccc(Cl)cc3)c2)cc(O)n1-c1ccc(SC(F)(F)F)cc1. The molecule has 0 bridgehead atoms. The fourth-order valence-electron chi connectivity index (χ4n) is 3.18. The predicted molar refractivity (Wildman–Crippen MR) is 117 cm³/mol. The Morgan fingerprint density at radius 2 is 1.72 bits per heavy atom. The molecule has 0 aliphatic rings. The van der Waals surface area contributed by atoms with E-state index in [0.717, 1.165) is 15.7 Å². The molecule has 2 heterocycles. The number of imidazole rings is 1. The number of rotatable bonds is 5. The maximum absolute atomic E-state index is 12.9. The number of pyridine rings is 1. The summed E-state index contributed by atoms with van der Waals surface area (Å²) in [4.78, 5) is 17.2. The normalized spacial score (nSPS) is 11.6. The third-order valence-corrected chi connectivity index (χ3v) is 5.57. The van der Waals surface area contributed by atoms with Gasteiger partial charge in [0.25, 0.3) is 0 Å². The fourth-order valence-corrected chi connectivity index (χ4v) is 3.84. The minimum atomic E-state index is -4.40. The molecule has 1 N–H and O–H groups in total. The summed E-state index contributed by atoms with van der Waals surface area (Å²) in [7, 11) is 0. The van der Waals surface area contributed by atoms with E-state index in [4.69, 9.17) is 11.6 Å².